The lowest BCUT2D eigenvalue weighted by molar-refractivity contribution is 1.05. The van der Waals surface area contributed by atoms with Crippen LogP contribution in [0.25, 0.3) is 27.6 Å². The first kappa shape index (κ1) is 12.4. The van der Waals surface area contributed by atoms with E-state index < -0.39 is 0 Å². The summed E-state index contributed by atoms with van der Waals surface area (Å²) in [5.74, 6) is 0. The second kappa shape index (κ2) is 4.61. The number of nitriles is 1. The Labute approximate surface area is 125 Å². The van der Waals surface area contributed by atoms with E-state index in [2.05, 4.69) is 11.1 Å². The summed E-state index contributed by atoms with van der Waals surface area (Å²) in [5.41, 5.74) is 3.98. The number of nitrogens with zero attached hydrogens (tertiary/aromatic N) is 2. The molecule has 4 heteroatoms. The molecule has 2 aromatic carbocycles. The molecule has 0 bridgehead atoms. The van der Waals surface area contributed by atoms with E-state index in [1.54, 1.807) is 41.0 Å². The summed E-state index contributed by atoms with van der Waals surface area (Å²) < 4.78 is 1.68. The van der Waals surface area contributed by atoms with Gasteiger partial charge >= 0.3 is 0 Å². The number of hydrogen-bond donors (Lipinski definition) is 1. The van der Waals surface area contributed by atoms with E-state index in [1.165, 1.54) is 0 Å². The zero-order valence-electron chi connectivity index (χ0n) is 11.6. The Kier molecular flexibility index (Phi) is 2.60. The Morgan fingerprint density at radius 1 is 0.909 bits per heavy atom. The van der Waals surface area contributed by atoms with Crippen molar-refractivity contribution < 1.29 is 0 Å². The van der Waals surface area contributed by atoms with Crippen LogP contribution in [0.15, 0.2) is 65.5 Å². The smallest absolute Gasteiger partial charge is 0.255 e. The number of H-pyrrole nitrogens is 1. The zero-order chi connectivity index (χ0) is 15.1. The molecule has 22 heavy (non-hydrogen) atoms. The van der Waals surface area contributed by atoms with Crippen molar-refractivity contribution in [1.29, 1.82) is 5.26 Å². The normalized spacial score (nSPS) is 10.9. The van der Waals surface area contributed by atoms with Crippen molar-refractivity contribution >= 4 is 21.9 Å². The van der Waals surface area contributed by atoms with Crippen LogP contribution in [0.4, 0.5) is 0 Å². The van der Waals surface area contributed by atoms with E-state index in [0.29, 0.717) is 5.56 Å². The monoisotopic (exact) mass is 285 g/mol. The molecule has 0 aliphatic heterocycles. The summed E-state index contributed by atoms with van der Waals surface area (Å²) in [7, 11) is 0. The molecule has 4 rings (SSSR count). The SMILES string of the molecule is N#Cc1ccc(-n2c(=O)ccc3[nH]c4ccccc4c32)cc1. The van der Waals surface area contributed by atoms with Gasteiger partial charge in [-0.3, -0.25) is 9.36 Å². The molecule has 0 fully saturated rings. The minimum atomic E-state index is -0.0954. The minimum Gasteiger partial charge on any atom is -0.353 e. The standard InChI is InChI=1S/C18H11N3O/c19-11-12-5-7-13(8-6-12)21-17(22)10-9-16-18(21)14-3-1-2-4-15(14)20-16/h1-10,20H. The van der Waals surface area contributed by atoms with E-state index in [0.717, 1.165) is 27.6 Å². The minimum absolute atomic E-state index is 0.0954. The first-order valence-corrected chi connectivity index (χ1v) is 6.91. The molecule has 2 aromatic heterocycles. The van der Waals surface area contributed by atoms with Crippen molar-refractivity contribution in [3.8, 4) is 11.8 Å². The van der Waals surface area contributed by atoms with Crippen molar-refractivity contribution in [3.05, 3.63) is 76.6 Å². The van der Waals surface area contributed by atoms with Crippen molar-refractivity contribution in [2.24, 2.45) is 0 Å². The van der Waals surface area contributed by atoms with Gasteiger partial charge in [-0.2, -0.15) is 5.26 Å². The number of para-hydroxylation sites is 1. The summed E-state index contributed by atoms with van der Waals surface area (Å²) in [4.78, 5) is 15.7. The molecule has 1 N–H and O–H groups in total. The van der Waals surface area contributed by atoms with Gasteiger partial charge in [0.2, 0.25) is 0 Å². The Hall–Kier alpha value is -3.32. The number of aromatic amines is 1. The molecule has 2 heterocycles. The average Bonchev–Trinajstić information content (AvgIpc) is 2.94. The molecular weight excluding hydrogens is 274 g/mol. The summed E-state index contributed by atoms with van der Waals surface area (Å²) in [5, 5.41) is 9.91. The first-order chi connectivity index (χ1) is 10.8. The van der Waals surface area contributed by atoms with Crippen molar-refractivity contribution in [2.75, 3.05) is 0 Å². The Bertz CT molecular complexity index is 1100. The summed E-state index contributed by atoms with van der Waals surface area (Å²) in [6, 6.07) is 20.4. The lowest BCUT2D eigenvalue weighted by Crippen LogP contribution is -2.16. The fourth-order valence-corrected chi connectivity index (χ4v) is 2.79. The molecule has 0 radical (unpaired) electrons. The molecule has 0 unspecified atom stereocenters. The third-order valence-corrected chi connectivity index (χ3v) is 3.80. The molecule has 4 nitrogen and oxygen atoms in total. The number of rotatable bonds is 1. The highest BCUT2D eigenvalue weighted by molar-refractivity contribution is 6.05. The summed E-state index contributed by atoms with van der Waals surface area (Å²) in [6.07, 6.45) is 0. The Balaban J connectivity index is 2.13. The van der Waals surface area contributed by atoms with E-state index in [9.17, 15) is 4.79 Å². The second-order valence-corrected chi connectivity index (χ2v) is 5.10. The Morgan fingerprint density at radius 2 is 1.68 bits per heavy atom. The van der Waals surface area contributed by atoms with Gasteiger partial charge in [0.1, 0.15) is 0 Å². The molecule has 0 aliphatic rings. The van der Waals surface area contributed by atoms with Crippen molar-refractivity contribution in [1.82, 2.24) is 9.55 Å². The quantitative estimate of drug-likeness (QED) is 0.583. The topological polar surface area (TPSA) is 61.6 Å². The van der Waals surface area contributed by atoms with Crippen LogP contribution in [-0.2, 0) is 0 Å². The van der Waals surface area contributed by atoms with E-state index in [-0.39, 0.29) is 5.56 Å². The molecule has 0 atom stereocenters. The molecular formula is C18H11N3O. The molecule has 0 amide bonds. The highest BCUT2D eigenvalue weighted by Crippen LogP contribution is 2.25. The Morgan fingerprint density at radius 3 is 2.45 bits per heavy atom. The van der Waals surface area contributed by atoms with E-state index in [4.69, 9.17) is 5.26 Å². The van der Waals surface area contributed by atoms with Crippen LogP contribution in [-0.4, -0.2) is 9.55 Å². The third kappa shape index (κ3) is 1.73. The van der Waals surface area contributed by atoms with Crippen LogP contribution in [0.5, 0.6) is 0 Å². The fourth-order valence-electron chi connectivity index (χ4n) is 2.79. The molecule has 4 aromatic rings. The van der Waals surface area contributed by atoms with Gasteiger partial charge in [-0.05, 0) is 36.4 Å². The number of aromatic nitrogens is 2. The van der Waals surface area contributed by atoms with Crippen LogP contribution in [0.1, 0.15) is 5.56 Å². The summed E-state index contributed by atoms with van der Waals surface area (Å²) in [6.45, 7) is 0. The van der Waals surface area contributed by atoms with Gasteiger partial charge in [-0.1, -0.05) is 18.2 Å². The maximum Gasteiger partial charge on any atom is 0.255 e. The average molecular weight is 285 g/mol. The number of fused-ring (bicyclic) bond motifs is 3. The van der Waals surface area contributed by atoms with E-state index in [1.807, 2.05) is 24.3 Å². The molecule has 0 spiro atoms. The molecule has 0 saturated heterocycles. The lowest BCUT2D eigenvalue weighted by Gasteiger charge is -2.08. The number of pyridine rings is 1. The fraction of sp³-hybridized carbons (Fsp3) is 0. The second-order valence-electron chi connectivity index (χ2n) is 5.10. The van der Waals surface area contributed by atoms with Gasteiger partial charge in [-0.25, -0.2) is 0 Å². The largest absolute Gasteiger partial charge is 0.353 e. The van der Waals surface area contributed by atoms with Gasteiger partial charge in [0, 0.05) is 22.7 Å². The number of benzene rings is 2. The predicted molar refractivity (Wildman–Crippen MR) is 86.1 cm³/mol. The predicted octanol–water partition coefficient (Wildman–Crippen LogP) is 3.34. The van der Waals surface area contributed by atoms with Crippen LogP contribution in [0.3, 0.4) is 0 Å². The van der Waals surface area contributed by atoms with Gasteiger partial charge in [0.05, 0.1) is 22.7 Å². The van der Waals surface area contributed by atoms with Crippen molar-refractivity contribution in [3.63, 3.8) is 0 Å². The van der Waals surface area contributed by atoms with Crippen LogP contribution in [0.2, 0.25) is 0 Å². The van der Waals surface area contributed by atoms with Crippen LogP contribution >= 0.6 is 0 Å². The number of nitrogens with one attached hydrogen (secondary N) is 1. The zero-order valence-corrected chi connectivity index (χ0v) is 11.6. The van der Waals surface area contributed by atoms with Crippen LogP contribution in [0, 0.1) is 11.3 Å². The number of hydrogen-bond acceptors (Lipinski definition) is 2. The first-order valence-electron chi connectivity index (χ1n) is 6.91. The molecule has 0 saturated carbocycles. The van der Waals surface area contributed by atoms with Gasteiger partial charge in [0.15, 0.2) is 0 Å². The summed E-state index contributed by atoms with van der Waals surface area (Å²) >= 11 is 0. The molecule has 104 valence electrons. The van der Waals surface area contributed by atoms with E-state index >= 15 is 0 Å². The van der Waals surface area contributed by atoms with Crippen LogP contribution < -0.4 is 5.56 Å². The maximum absolute atomic E-state index is 12.4. The van der Waals surface area contributed by atoms with Crippen molar-refractivity contribution in [2.45, 2.75) is 0 Å². The maximum atomic E-state index is 12.4. The highest BCUT2D eigenvalue weighted by Gasteiger charge is 2.11. The lowest BCUT2D eigenvalue weighted by atomic mass is 10.2. The van der Waals surface area contributed by atoms with Gasteiger partial charge < -0.3 is 4.98 Å². The van der Waals surface area contributed by atoms with Gasteiger partial charge in [-0.15, -0.1) is 0 Å². The third-order valence-electron chi connectivity index (χ3n) is 3.80. The highest BCUT2D eigenvalue weighted by atomic mass is 16.1. The molecule has 0 aliphatic carbocycles. The van der Waals surface area contributed by atoms with Gasteiger partial charge in [0.25, 0.3) is 5.56 Å².